The van der Waals surface area contributed by atoms with Gasteiger partial charge in [-0.1, -0.05) is 32.0 Å². The number of amides is 1. The molecule has 6 heteroatoms. The average Bonchev–Trinajstić information content (AvgIpc) is 3.11. The number of aryl methyl sites for hydroxylation is 1. The number of rotatable bonds is 4. The largest absolute Gasteiger partial charge is 0.374 e. The van der Waals surface area contributed by atoms with Gasteiger partial charge < -0.3 is 14.7 Å². The lowest BCUT2D eigenvalue weighted by atomic mass is 9.97. The number of hydrogen-bond acceptors (Lipinski definition) is 5. The van der Waals surface area contributed by atoms with E-state index in [2.05, 4.69) is 39.5 Å². The minimum absolute atomic E-state index is 0.193. The number of carbonyl (C=O) groups excluding carboxylic acids is 1. The van der Waals surface area contributed by atoms with Gasteiger partial charge in [0.2, 0.25) is 11.8 Å². The Bertz CT molecular complexity index is 890. The lowest BCUT2D eigenvalue weighted by Gasteiger charge is -2.27. The molecule has 0 saturated carbocycles. The second-order valence-electron chi connectivity index (χ2n) is 9.03. The lowest BCUT2D eigenvalue weighted by Crippen LogP contribution is -2.41. The number of benzene rings is 1. The summed E-state index contributed by atoms with van der Waals surface area (Å²) in [6.45, 7) is 10.8. The molecular formula is C22H30N4O2. The van der Waals surface area contributed by atoms with Crippen LogP contribution in [0.4, 0.5) is 5.69 Å². The first-order valence-electron chi connectivity index (χ1n) is 9.75. The summed E-state index contributed by atoms with van der Waals surface area (Å²) in [6.07, 6.45) is 5.64. The second kappa shape index (κ2) is 7.41. The van der Waals surface area contributed by atoms with Gasteiger partial charge in [0.15, 0.2) is 5.82 Å². The molecule has 150 valence electrons. The van der Waals surface area contributed by atoms with Crippen LogP contribution in [0.25, 0.3) is 6.08 Å². The third-order valence-electron chi connectivity index (χ3n) is 4.94. The van der Waals surface area contributed by atoms with Crippen molar-refractivity contribution in [2.75, 3.05) is 18.5 Å². The highest BCUT2D eigenvalue weighted by Crippen LogP contribution is 2.27. The van der Waals surface area contributed by atoms with Gasteiger partial charge in [-0.3, -0.25) is 4.79 Å². The van der Waals surface area contributed by atoms with E-state index in [0.717, 1.165) is 24.9 Å². The molecule has 1 aliphatic rings. The fourth-order valence-electron chi connectivity index (χ4n) is 3.27. The number of nitrogens with zero attached hydrogens (tertiary/aromatic N) is 3. The van der Waals surface area contributed by atoms with E-state index < -0.39 is 5.54 Å². The van der Waals surface area contributed by atoms with Crippen LogP contribution in [0.3, 0.4) is 0 Å². The van der Waals surface area contributed by atoms with Crippen molar-refractivity contribution in [1.29, 1.82) is 0 Å². The van der Waals surface area contributed by atoms with Gasteiger partial charge in [-0.15, -0.1) is 0 Å². The van der Waals surface area contributed by atoms with Crippen molar-refractivity contribution < 1.29 is 9.32 Å². The molecular weight excluding hydrogens is 352 g/mol. The van der Waals surface area contributed by atoms with Gasteiger partial charge in [0, 0.05) is 30.8 Å². The predicted molar refractivity (Wildman–Crippen MR) is 111 cm³/mol. The molecule has 1 N–H and O–H groups in total. The summed E-state index contributed by atoms with van der Waals surface area (Å²) in [5, 5.41) is 7.01. The molecule has 0 atom stereocenters. The van der Waals surface area contributed by atoms with Crippen LogP contribution in [-0.2, 0) is 22.2 Å². The van der Waals surface area contributed by atoms with Gasteiger partial charge >= 0.3 is 0 Å². The second-order valence-corrected chi connectivity index (χ2v) is 9.03. The van der Waals surface area contributed by atoms with Crippen LogP contribution in [0.2, 0.25) is 0 Å². The first kappa shape index (κ1) is 20.1. The van der Waals surface area contributed by atoms with E-state index in [0.29, 0.717) is 11.7 Å². The minimum Gasteiger partial charge on any atom is -0.374 e. The molecule has 1 amide bonds. The summed E-state index contributed by atoms with van der Waals surface area (Å²) >= 11 is 0. The number of anilines is 1. The molecule has 1 aliphatic heterocycles. The van der Waals surface area contributed by atoms with Crippen LogP contribution >= 0.6 is 0 Å². The number of carbonyl (C=O) groups is 1. The van der Waals surface area contributed by atoms with Crippen molar-refractivity contribution in [1.82, 2.24) is 15.5 Å². The molecule has 2 aromatic rings. The van der Waals surface area contributed by atoms with Gasteiger partial charge in [-0.2, -0.15) is 4.98 Å². The maximum atomic E-state index is 12.5. The van der Waals surface area contributed by atoms with E-state index in [9.17, 15) is 4.79 Å². The monoisotopic (exact) mass is 382 g/mol. The van der Waals surface area contributed by atoms with Gasteiger partial charge in [0.1, 0.15) is 0 Å². The fourth-order valence-corrected chi connectivity index (χ4v) is 3.27. The van der Waals surface area contributed by atoms with Crippen molar-refractivity contribution in [3.8, 4) is 0 Å². The van der Waals surface area contributed by atoms with E-state index in [-0.39, 0.29) is 11.3 Å². The highest BCUT2D eigenvalue weighted by atomic mass is 16.5. The van der Waals surface area contributed by atoms with Crippen LogP contribution < -0.4 is 10.2 Å². The number of fused-ring (bicyclic) bond motifs is 1. The molecule has 0 bridgehead atoms. The first-order chi connectivity index (χ1) is 13.1. The highest BCUT2D eigenvalue weighted by Gasteiger charge is 2.31. The number of aromatic nitrogens is 2. The standard InChI is InChI=1S/C22H30N4O2/c1-21(2,3)20-23-19(25-28-20)22(4,5)24-18(27)12-10-15-9-11-17-16(14-15)8-7-13-26(17)6/h9-12,14H,7-8,13H2,1-6H3,(H,24,27)/b12-10+. The minimum atomic E-state index is -0.729. The Morgan fingerprint density at radius 1 is 1.25 bits per heavy atom. The average molecular weight is 383 g/mol. The normalized spacial score (nSPS) is 15.0. The molecule has 2 heterocycles. The predicted octanol–water partition coefficient (Wildman–Crippen LogP) is 3.81. The van der Waals surface area contributed by atoms with Crippen LogP contribution in [0.15, 0.2) is 28.8 Å². The topological polar surface area (TPSA) is 71.3 Å². The quantitative estimate of drug-likeness (QED) is 0.814. The van der Waals surface area contributed by atoms with E-state index in [1.165, 1.54) is 11.3 Å². The third kappa shape index (κ3) is 4.43. The molecule has 28 heavy (non-hydrogen) atoms. The lowest BCUT2D eigenvalue weighted by molar-refractivity contribution is -0.118. The van der Waals surface area contributed by atoms with Gasteiger partial charge in [-0.05, 0) is 56.0 Å². The fraction of sp³-hybridized carbons (Fsp3) is 0.500. The molecule has 6 nitrogen and oxygen atoms in total. The molecule has 0 aliphatic carbocycles. The molecule has 0 radical (unpaired) electrons. The summed E-state index contributed by atoms with van der Waals surface area (Å²) in [5.41, 5.74) is 2.68. The molecule has 0 saturated heterocycles. The van der Waals surface area contributed by atoms with E-state index in [4.69, 9.17) is 4.52 Å². The summed E-state index contributed by atoms with van der Waals surface area (Å²) in [5.74, 6) is 0.831. The number of hydrogen-bond donors (Lipinski definition) is 1. The maximum absolute atomic E-state index is 12.5. The van der Waals surface area contributed by atoms with Crippen LogP contribution in [0, 0.1) is 0 Å². The summed E-state index contributed by atoms with van der Waals surface area (Å²) in [7, 11) is 2.12. The Kier molecular flexibility index (Phi) is 5.33. The maximum Gasteiger partial charge on any atom is 0.244 e. The Labute approximate surface area is 167 Å². The highest BCUT2D eigenvalue weighted by molar-refractivity contribution is 5.92. The van der Waals surface area contributed by atoms with Crippen LogP contribution in [0.5, 0.6) is 0 Å². The zero-order chi connectivity index (χ0) is 20.5. The Hall–Kier alpha value is -2.63. The van der Waals surface area contributed by atoms with E-state index >= 15 is 0 Å². The van der Waals surface area contributed by atoms with Crippen molar-refractivity contribution in [3.05, 3.63) is 47.1 Å². The van der Waals surface area contributed by atoms with E-state index in [1.54, 1.807) is 6.08 Å². The van der Waals surface area contributed by atoms with Gasteiger partial charge in [0.05, 0.1) is 5.54 Å². The van der Waals surface area contributed by atoms with Crippen LogP contribution in [-0.4, -0.2) is 29.6 Å². The first-order valence-corrected chi connectivity index (χ1v) is 9.75. The smallest absolute Gasteiger partial charge is 0.244 e. The zero-order valence-electron chi connectivity index (χ0n) is 17.7. The van der Waals surface area contributed by atoms with Crippen molar-refractivity contribution in [2.24, 2.45) is 0 Å². The van der Waals surface area contributed by atoms with Crippen molar-refractivity contribution in [2.45, 2.75) is 58.4 Å². The molecule has 0 unspecified atom stereocenters. The summed E-state index contributed by atoms with van der Waals surface area (Å²) < 4.78 is 5.35. The molecule has 1 aromatic heterocycles. The SMILES string of the molecule is CN1CCCc2cc(/C=C/C(=O)NC(C)(C)c3noc(C(C)(C)C)n3)ccc21. The Morgan fingerprint density at radius 2 is 2.00 bits per heavy atom. The zero-order valence-corrected chi connectivity index (χ0v) is 17.7. The van der Waals surface area contributed by atoms with Gasteiger partial charge in [-0.25, -0.2) is 0 Å². The van der Waals surface area contributed by atoms with E-state index in [1.807, 2.05) is 46.8 Å². The Morgan fingerprint density at radius 3 is 2.68 bits per heavy atom. The van der Waals surface area contributed by atoms with Gasteiger partial charge in [0.25, 0.3) is 0 Å². The molecule has 3 rings (SSSR count). The molecule has 0 fully saturated rings. The van der Waals surface area contributed by atoms with Crippen molar-refractivity contribution >= 4 is 17.7 Å². The third-order valence-corrected chi connectivity index (χ3v) is 4.94. The van der Waals surface area contributed by atoms with Crippen molar-refractivity contribution in [3.63, 3.8) is 0 Å². The summed E-state index contributed by atoms with van der Waals surface area (Å²) in [4.78, 5) is 19.2. The Balaban J connectivity index is 1.68. The van der Waals surface area contributed by atoms with Crippen LogP contribution in [0.1, 0.15) is 63.9 Å². The molecule has 0 spiro atoms. The molecule has 1 aromatic carbocycles. The summed E-state index contributed by atoms with van der Waals surface area (Å²) in [6, 6.07) is 6.34. The number of nitrogens with one attached hydrogen (secondary N) is 1.